The van der Waals surface area contributed by atoms with Crippen molar-refractivity contribution in [2.75, 3.05) is 0 Å². The van der Waals surface area contributed by atoms with Crippen LogP contribution in [0, 0.1) is 47.3 Å². The van der Waals surface area contributed by atoms with E-state index in [9.17, 15) is 0 Å². The summed E-state index contributed by atoms with van der Waals surface area (Å²) in [5, 5.41) is 0. The van der Waals surface area contributed by atoms with Crippen LogP contribution in [0.3, 0.4) is 0 Å². The molecule has 7 rings (SSSR count). The van der Waals surface area contributed by atoms with Crippen molar-refractivity contribution in [3.63, 3.8) is 0 Å². The topological polar surface area (TPSA) is 0 Å². The van der Waals surface area contributed by atoms with Crippen molar-refractivity contribution in [2.45, 2.75) is 52.4 Å². The van der Waals surface area contributed by atoms with Crippen LogP contribution in [-0.4, -0.2) is 0 Å². The van der Waals surface area contributed by atoms with Gasteiger partial charge in [-0.2, -0.15) is 31.1 Å². The predicted octanol–water partition coefficient (Wildman–Crippen LogP) is 4.22. The Morgan fingerprint density at radius 2 is 1.11 bits per heavy atom. The van der Waals surface area contributed by atoms with Crippen molar-refractivity contribution in [1.29, 1.82) is 0 Å². The summed E-state index contributed by atoms with van der Waals surface area (Å²) in [7, 11) is 0. The van der Waals surface area contributed by atoms with Crippen LogP contribution in [0.15, 0.2) is 0 Å². The predicted molar refractivity (Wildman–Crippen MR) is 66.2 cm³/mol. The van der Waals surface area contributed by atoms with Crippen LogP contribution in [0.5, 0.6) is 0 Å². The van der Waals surface area contributed by atoms with Gasteiger partial charge in [-0.1, -0.05) is 31.6 Å². The summed E-state index contributed by atoms with van der Waals surface area (Å²) in [5.74, 6) is 11.5. The average molecular weight is 482 g/mol. The summed E-state index contributed by atoms with van der Waals surface area (Å²) in [6.07, 6.45) is 9.13. The van der Waals surface area contributed by atoms with Crippen LogP contribution < -0.4 is 0 Å². The smallest absolute Gasteiger partial charge is 0 e. The van der Waals surface area contributed by atoms with Crippen LogP contribution in [-0.2, 0) is 98.1 Å². The van der Waals surface area contributed by atoms with Crippen LogP contribution >= 0.6 is 0 Å². The molecule has 3 heteroatoms. The monoisotopic (exact) mass is 482 g/mol. The minimum Gasteiger partial charge on any atom is -0.342 e. The van der Waals surface area contributed by atoms with Crippen molar-refractivity contribution >= 4 is 0 Å². The zero-order valence-electron chi connectivity index (χ0n) is 12.4. The molecule has 0 heterocycles. The van der Waals surface area contributed by atoms with E-state index in [0.717, 1.165) is 29.6 Å². The summed E-state index contributed by atoms with van der Waals surface area (Å²) < 4.78 is 0. The molecule has 7 aliphatic rings. The Labute approximate surface area is 194 Å². The zero-order valence-corrected chi connectivity index (χ0v) is 20.9. The third kappa shape index (κ3) is 3.02. The fraction of sp³-hybridized carbons (Fsp3) is 0.812. The fourth-order valence-electron chi connectivity index (χ4n) is 5.84. The second kappa shape index (κ2) is 7.92. The Morgan fingerprint density at radius 3 is 1.63 bits per heavy atom. The zero-order chi connectivity index (χ0) is 10.9. The Kier molecular flexibility index (Phi) is 8.49. The van der Waals surface area contributed by atoms with E-state index < -0.39 is 0 Å². The van der Waals surface area contributed by atoms with Gasteiger partial charge in [0, 0.05) is 98.1 Å². The average Bonchev–Trinajstić information content (AvgIpc) is 2.37. The Balaban J connectivity index is 0.000000348. The summed E-state index contributed by atoms with van der Waals surface area (Å²) in [6, 6.07) is 0. The number of hydrogen-bond donors (Lipinski definition) is 0. The van der Waals surface area contributed by atoms with Gasteiger partial charge in [0.15, 0.2) is 0 Å². The van der Waals surface area contributed by atoms with E-state index in [1.807, 2.05) is 31.6 Å². The van der Waals surface area contributed by atoms with Crippen molar-refractivity contribution in [2.24, 2.45) is 29.6 Å². The Morgan fingerprint density at radius 1 is 0.632 bits per heavy atom. The maximum Gasteiger partial charge on any atom is 0 e. The van der Waals surface area contributed by atoms with Gasteiger partial charge in [0.2, 0.25) is 0 Å². The molecule has 0 nitrogen and oxygen atoms in total. The van der Waals surface area contributed by atoms with Gasteiger partial charge in [0.25, 0.3) is 0 Å². The molecule has 0 spiro atoms. The normalized spacial score (nSPS) is 44.8. The van der Waals surface area contributed by atoms with Crippen molar-refractivity contribution < 1.29 is 98.1 Å². The van der Waals surface area contributed by atoms with E-state index in [-0.39, 0.29) is 98.1 Å². The van der Waals surface area contributed by atoms with Gasteiger partial charge in [0.05, 0.1) is 0 Å². The van der Waals surface area contributed by atoms with Gasteiger partial charge in [-0.05, 0) is 0 Å². The molecule has 0 amide bonds. The first kappa shape index (κ1) is 20.4. The molecule has 99 valence electrons. The van der Waals surface area contributed by atoms with Gasteiger partial charge in [-0.15, -0.1) is 0 Å². The van der Waals surface area contributed by atoms with Gasteiger partial charge < -0.3 is 24.2 Å². The Hall–Kier alpha value is 3.31. The van der Waals surface area contributed by atoms with E-state index in [4.69, 9.17) is 0 Å². The van der Waals surface area contributed by atoms with Gasteiger partial charge >= 0.3 is 0 Å². The second-order valence-electron chi connectivity index (χ2n) is 6.48. The van der Waals surface area contributed by atoms with Crippen LogP contribution in [0.2, 0.25) is 0 Å². The summed E-state index contributed by atoms with van der Waals surface area (Å²) in [5.41, 5.74) is 0. The molecule has 7 aliphatic carbocycles. The first-order chi connectivity index (χ1) is 7.90. The van der Waals surface area contributed by atoms with E-state index >= 15 is 0 Å². The molecule has 19 heavy (non-hydrogen) atoms. The molecule has 0 aliphatic heterocycles. The standard InChI is InChI=1S/C14H17.C2H6.3Y/c1-7-2-12-10-4-8-5-11(9(1)10)13(3-7)14(12)6-8;1-2;;;/h9-13H,1-6H2;1-2H3;;;/q-3;;;;. The SMILES string of the molecule is C1[C-]2CC3C4C[C-]5CC([C-]14)C(C2)C3C5.CC.[Y].[Y].[Y]. The third-order valence-corrected chi connectivity index (χ3v) is 6.13. The molecule has 4 unspecified atom stereocenters. The van der Waals surface area contributed by atoms with Crippen molar-refractivity contribution in [3.8, 4) is 0 Å². The molecular weight excluding hydrogens is 459 g/mol. The molecule has 0 aromatic carbocycles. The summed E-state index contributed by atoms with van der Waals surface area (Å²) in [4.78, 5) is 0. The molecule has 0 saturated heterocycles. The second-order valence-corrected chi connectivity index (χ2v) is 6.48. The molecule has 0 N–H and O–H groups in total. The van der Waals surface area contributed by atoms with Crippen molar-refractivity contribution in [3.05, 3.63) is 17.8 Å². The van der Waals surface area contributed by atoms with E-state index in [2.05, 4.69) is 0 Å². The summed E-state index contributed by atoms with van der Waals surface area (Å²) >= 11 is 0. The third-order valence-electron chi connectivity index (χ3n) is 6.13. The quantitative estimate of drug-likeness (QED) is 0.454. The van der Waals surface area contributed by atoms with E-state index in [1.54, 1.807) is 6.42 Å². The van der Waals surface area contributed by atoms with E-state index in [0.29, 0.717) is 0 Å². The Bertz CT molecular complexity index is 217. The van der Waals surface area contributed by atoms with Gasteiger partial charge in [-0.25, -0.2) is 12.8 Å². The maximum absolute atomic E-state index is 2.03. The molecule has 0 aromatic heterocycles. The molecular formula is C16H23Y3-3. The minimum atomic E-state index is 0. The molecule has 7 fully saturated rings. The first-order valence-electron chi connectivity index (χ1n) is 7.43. The molecule has 4 atom stereocenters. The van der Waals surface area contributed by atoms with Crippen LogP contribution in [0.1, 0.15) is 52.4 Å². The van der Waals surface area contributed by atoms with Crippen LogP contribution in [0.25, 0.3) is 0 Å². The maximum atomic E-state index is 2.03. The number of hydrogen-bond acceptors (Lipinski definition) is 0. The fourth-order valence-corrected chi connectivity index (χ4v) is 5.84. The van der Waals surface area contributed by atoms with Crippen molar-refractivity contribution in [1.82, 2.24) is 0 Å². The minimum absolute atomic E-state index is 0. The first-order valence-corrected chi connectivity index (χ1v) is 7.43. The van der Waals surface area contributed by atoms with Crippen LogP contribution in [0.4, 0.5) is 0 Å². The molecule has 8 bridgehead atoms. The molecule has 3 radical (unpaired) electrons. The summed E-state index contributed by atoms with van der Waals surface area (Å²) in [6.45, 7) is 4.00. The molecule has 0 aromatic rings. The number of rotatable bonds is 0. The molecule has 7 saturated carbocycles. The largest absolute Gasteiger partial charge is 0.342 e. The van der Waals surface area contributed by atoms with Gasteiger partial charge in [0.1, 0.15) is 0 Å². The van der Waals surface area contributed by atoms with Gasteiger partial charge in [-0.3, -0.25) is 0 Å². The van der Waals surface area contributed by atoms with E-state index in [1.165, 1.54) is 32.1 Å².